The van der Waals surface area contributed by atoms with E-state index in [1.807, 2.05) is 49.3 Å². The first-order valence-corrected chi connectivity index (χ1v) is 5.06. The van der Waals surface area contributed by atoms with Crippen LogP contribution >= 0.6 is 0 Å². The Bertz CT molecular complexity index is 271. The molecule has 0 aromatic heterocycles. The van der Waals surface area contributed by atoms with Crippen LogP contribution in [0.3, 0.4) is 0 Å². The first-order chi connectivity index (χ1) is 6.61. The van der Waals surface area contributed by atoms with Gasteiger partial charge in [-0.25, -0.2) is 0 Å². The first-order valence-electron chi connectivity index (χ1n) is 5.06. The van der Waals surface area contributed by atoms with Crippen molar-refractivity contribution in [2.45, 2.75) is 25.5 Å². The Morgan fingerprint density at radius 3 is 2.21 bits per heavy atom. The second kappa shape index (κ2) is 4.58. The Labute approximate surface area is 86.2 Å². The van der Waals surface area contributed by atoms with Gasteiger partial charge in [-0.15, -0.1) is 0 Å². The van der Waals surface area contributed by atoms with Crippen molar-refractivity contribution in [1.29, 1.82) is 0 Å². The van der Waals surface area contributed by atoms with Crippen molar-refractivity contribution in [3.63, 3.8) is 0 Å². The van der Waals surface area contributed by atoms with Gasteiger partial charge < -0.3 is 5.11 Å². The van der Waals surface area contributed by atoms with Crippen molar-refractivity contribution < 1.29 is 5.11 Å². The summed E-state index contributed by atoms with van der Waals surface area (Å²) in [6.07, 6.45) is 1.72. The molecule has 0 aliphatic rings. The molecule has 1 atom stereocenters. The lowest BCUT2D eigenvalue weighted by Crippen LogP contribution is -2.41. The van der Waals surface area contributed by atoms with Crippen molar-refractivity contribution in [3.05, 3.63) is 35.9 Å². The van der Waals surface area contributed by atoms with Crippen molar-refractivity contribution in [3.8, 4) is 0 Å². The third-order valence-corrected chi connectivity index (χ3v) is 2.57. The van der Waals surface area contributed by atoms with Gasteiger partial charge in [0.1, 0.15) is 5.72 Å². The average Bonchev–Trinajstić information content (AvgIpc) is 2.19. The molecule has 0 saturated carbocycles. The largest absolute Gasteiger partial charge is 0.371 e. The molecule has 0 bridgehead atoms. The number of nitrogens with zero attached hydrogens (tertiary/aromatic N) is 1. The second-order valence-electron chi connectivity index (χ2n) is 3.83. The number of hydrogen-bond acceptors (Lipinski definition) is 2. The lowest BCUT2D eigenvalue weighted by Gasteiger charge is -2.35. The van der Waals surface area contributed by atoms with Gasteiger partial charge in [0, 0.05) is 0 Å². The molecule has 14 heavy (non-hydrogen) atoms. The standard InChI is InChI=1S/C12H19NO/c1-4-10-12(14,13(2)3)11-8-6-5-7-9-11/h5-9,14H,4,10H2,1-3H3. The molecule has 1 aromatic rings. The molecule has 2 heteroatoms. The van der Waals surface area contributed by atoms with Gasteiger partial charge in [-0.3, -0.25) is 4.90 Å². The van der Waals surface area contributed by atoms with Crippen LogP contribution in [-0.2, 0) is 5.72 Å². The smallest absolute Gasteiger partial charge is 0.144 e. The Hall–Kier alpha value is -0.860. The molecule has 0 aliphatic heterocycles. The van der Waals surface area contributed by atoms with Crippen LogP contribution in [0.2, 0.25) is 0 Å². The summed E-state index contributed by atoms with van der Waals surface area (Å²) in [4.78, 5) is 1.87. The Morgan fingerprint density at radius 2 is 1.79 bits per heavy atom. The Kier molecular flexibility index (Phi) is 3.67. The summed E-state index contributed by atoms with van der Waals surface area (Å²) in [5.41, 5.74) is 0.141. The van der Waals surface area contributed by atoms with Gasteiger partial charge in [-0.05, 0) is 26.1 Å². The molecule has 78 valence electrons. The summed E-state index contributed by atoms with van der Waals surface area (Å²) in [7, 11) is 3.81. The summed E-state index contributed by atoms with van der Waals surface area (Å²) in [6, 6.07) is 9.82. The normalized spacial score (nSPS) is 15.5. The minimum absolute atomic E-state index is 0.754. The van der Waals surface area contributed by atoms with E-state index in [1.54, 1.807) is 0 Å². The molecule has 0 aliphatic carbocycles. The number of rotatable bonds is 4. The van der Waals surface area contributed by atoms with Crippen LogP contribution < -0.4 is 0 Å². The third kappa shape index (κ3) is 2.14. The zero-order valence-electron chi connectivity index (χ0n) is 9.20. The van der Waals surface area contributed by atoms with E-state index in [0.717, 1.165) is 18.4 Å². The van der Waals surface area contributed by atoms with Gasteiger partial charge >= 0.3 is 0 Å². The van der Waals surface area contributed by atoms with Crippen LogP contribution in [0.25, 0.3) is 0 Å². The minimum Gasteiger partial charge on any atom is -0.371 e. The summed E-state index contributed by atoms with van der Waals surface area (Å²) < 4.78 is 0. The molecule has 0 spiro atoms. The number of hydrogen-bond donors (Lipinski definition) is 1. The van der Waals surface area contributed by atoms with E-state index in [4.69, 9.17) is 0 Å². The highest BCUT2D eigenvalue weighted by molar-refractivity contribution is 5.21. The fourth-order valence-electron chi connectivity index (χ4n) is 1.68. The van der Waals surface area contributed by atoms with Crippen LogP contribution in [0, 0.1) is 0 Å². The van der Waals surface area contributed by atoms with Gasteiger partial charge in [-0.2, -0.15) is 0 Å². The van der Waals surface area contributed by atoms with Crippen molar-refractivity contribution >= 4 is 0 Å². The molecule has 1 unspecified atom stereocenters. The number of benzene rings is 1. The highest BCUT2D eigenvalue weighted by Gasteiger charge is 2.30. The molecule has 1 aromatic carbocycles. The summed E-state index contributed by atoms with van der Waals surface area (Å²) in [5.74, 6) is 0. The zero-order chi connectivity index (χ0) is 10.6. The average molecular weight is 193 g/mol. The van der Waals surface area contributed by atoms with Gasteiger partial charge in [-0.1, -0.05) is 43.7 Å². The lowest BCUT2D eigenvalue weighted by atomic mass is 9.97. The highest BCUT2D eigenvalue weighted by Crippen LogP contribution is 2.28. The molecule has 0 amide bonds. The molecule has 1 rings (SSSR count). The predicted octanol–water partition coefficient (Wildman–Crippen LogP) is 2.19. The van der Waals surface area contributed by atoms with Crippen LogP contribution in [0.15, 0.2) is 30.3 Å². The van der Waals surface area contributed by atoms with Crippen LogP contribution in [0.5, 0.6) is 0 Å². The molecule has 2 nitrogen and oxygen atoms in total. The molecular weight excluding hydrogens is 174 g/mol. The number of aliphatic hydroxyl groups is 1. The summed E-state index contributed by atoms with van der Waals surface area (Å²) in [6.45, 7) is 2.08. The maximum absolute atomic E-state index is 10.5. The second-order valence-corrected chi connectivity index (χ2v) is 3.83. The minimum atomic E-state index is -0.823. The molecule has 0 radical (unpaired) electrons. The molecule has 0 saturated heterocycles. The molecule has 1 N–H and O–H groups in total. The summed E-state index contributed by atoms with van der Waals surface area (Å²) >= 11 is 0. The molecule has 0 fully saturated rings. The Balaban J connectivity index is 2.99. The van der Waals surface area contributed by atoms with Gasteiger partial charge in [0.25, 0.3) is 0 Å². The van der Waals surface area contributed by atoms with Gasteiger partial charge in [0.05, 0.1) is 0 Å². The lowest BCUT2D eigenvalue weighted by molar-refractivity contribution is -0.0964. The van der Waals surface area contributed by atoms with Crippen molar-refractivity contribution in [2.75, 3.05) is 14.1 Å². The van der Waals surface area contributed by atoms with E-state index in [2.05, 4.69) is 6.92 Å². The van der Waals surface area contributed by atoms with Gasteiger partial charge in [0.2, 0.25) is 0 Å². The van der Waals surface area contributed by atoms with E-state index in [-0.39, 0.29) is 0 Å². The maximum Gasteiger partial charge on any atom is 0.144 e. The fourth-order valence-corrected chi connectivity index (χ4v) is 1.68. The van der Waals surface area contributed by atoms with Crippen molar-refractivity contribution in [2.24, 2.45) is 0 Å². The monoisotopic (exact) mass is 193 g/mol. The van der Waals surface area contributed by atoms with E-state index >= 15 is 0 Å². The van der Waals surface area contributed by atoms with Crippen LogP contribution in [0.4, 0.5) is 0 Å². The van der Waals surface area contributed by atoms with E-state index < -0.39 is 5.72 Å². The first kappa shape index (κ1) is 11.2. The summed E-state index contributed by atoms with van der Waals surface area (Å²) in [5, 5.41) is 10.5. The maximum atomic E-state index is 10.5. The SMILES string of the molecule is CCCC(O)(c1ccccc1)N(C)C. The van der Waals surface area contributed by atoms with Gasteiger partial charge in [0.15, 0.2) is 0 Å². The van der Waals surface area contributed by atoms with Crippen LogP contribution in [0.1, 0.15) is 25.3 Å². The fraction of sp³-hybridized carbons (Fsp3) is 0.500. The van der Waals surface area contributed by atoms with E-state index in [9.17, 15) is 5.11 Å². The third-order valence-electron chi connectivity index (χ3n) is 2.57. The van der Waals surface area contributed by atoms with E-state index in [0.29, 0.717) is 0 Å². The molecule has 0 heterocycles. The highest BCUT2D eigenvalue weighted by atomic mass is 16.3. The predicted molar refractivity (Wildman–Crippen MR) is 58.9 cm³/mol. The topological polar surface area (TPSA) is 23.5 Å². The molecular formula is C12H19NO. The van der Waals surface area contributed by atoms with Crippen molar-refractivity contribution in [1.82, 2.24) is 4.90 Å². The Morgan fingerprint density at radius 1 is 1.21 bits per heavy atom. The van der Waals surface area contributed by atoms with E-state index in [1.165, 1.54) is 0 Å². The zero-order valence-corrected chi connectivity index (χ0v) is 9.20. The van der Waals surface area contributed by atoms with Crippen LogP contribution in [-0.4, -0.2) is 24.1 Å². The quantitative estimate of drug-likeness (QED) is 0.741.